The minimum absolute atomic E-state index is 0.632. The molecule has 0 bridgehead atoms. The van der Waals surface area contributed by atoms with Crippen molar-refractivity contribution in [3.63, 3.8) is 0 Å². The second-order valence-corrected chi connectivity index (χ2v) is 5.45. The maximum absolute atomic E-state index is 4.99. The fourth-order valence-electron chi connectivity index (χ4n) is 2.12. The van der Waals surface area contributed by atoms with Crippen LogP contribution in [0.1, 0.15) is 50.2 Å². The highest BCUT2D eigenvalue weighted by Crippen LogP contribution is 2.15. The van der Waals surface area contributed by atoms with E-state index < -0.39 is 0 Å². The van der Waals surface area contributed by atoms with E-state index >= 15 is 0 Å². The Morgan fingerprint density at radius 1 is 1.00 bits per heavy atom. The van der Waals surface area contributed by atoms with Gasteiger partial charge >= 0.3 is 0 Å². The first kappa shape index (κ1) is 16.2. The van der Waals surface area contributed by atoms with E-state index in [1.54, 1.807) is 7.11 Å². The molecule has 0 unspecified atom stereocenters. The summed E-state index contributed by atoms with van der Waals surface area (Å²) in [7, 11) is 1.74. The third-order valence-corrected chi connectivity index (χ3v) is 3.45. The van der Waals surface area contributed by atoms with Crippen molar-refractivity contribution in [2.75, 3.05) is 26.8 Å². The SMILES string of the molecule is COCCNCCCCCc1ccc(C(C)C)cc1. The van der Waals surface area contributed by atoms with Crippen LogP contribution in [-0.4, -0.2) is 26.8 Å². The van der Waals surface area contributed by atoms with Crippen molar-refractivity contribution in [3.8, 4) is 0 Å². The Kier molecular flexibility index (Phi) is 8.52. The van der Waals surface area contributed by atoms with Gasteiger partial charge in [0.25, 0.3) is 0 Å². The van der Waals surface area contributed by atoms with Crippen LogP contribution < -0.4 is 5.32 Å². The summed E-state index contributed by atoms with van der Waals surface area (Å²) in [5, 5.41) is 3.38. The number of rotatable bonds is 10. The maximum Gasteiger partial charge on any atom is 0.0587 e. The molecule has 1 rings (SSSR count). The summed E-state index contributed by atoms with van der Waals surface area (Å²) < 4.78 is 4.99. The standard InChI is InChI=1S/C17H29NO/c1-15(2)17-10-8-16(9-11-17)7-5-4-6-12-18-13-14-19-3/h8-11,15,18H,4-7,12-14H2,1-3H3. The summed E-state index contributed by atoms with van der Waals surface area (Å²) in [6, 6.07) is 9.11. The van der Waals surface area contributed by atoms with Gasteiger partial charge in [-0.05, 0) is 42.9 Å². The van der Waals surface area contributed by atoms with Crippen LogP contribution in [-0.2, 0) is 11.2 Å². The predicted molar refractivity (Wildman–Crippen MR) is 82.8 cm³/mol. The third-order valence-electron chi connectivity index (χ3n) is 3.45. The van der Waals surface area contributed by atoms with E-state index in [0.717, 1.165) is 19.7 Å². The molecule has 0 radical (unpaired) electrons. The van der Waals surface area contributed by atoms with Crippen molar-refractivity contribution < 1.29 is 4.74 Å². The molecule has 1 N–H and O–H groups in total. The van der Waals surface area contributed by atoms with Gasteiger partial charge in [-0.25, -0.2) is 0 Å². The first-order chi connectivity index (χ1) is 9.24. The highest BCUT2D eigenvalue weighted by Gasteiger charge is 1.99. The van der Waals surface area contributed by atoms with Crippen LogP contribution in [0.3, 0.4) is 0 Å². The van der Waals surface area contributed by atoms with Gasteiger partial charge in [-0.15, -0.1) is 0 Å². The first-order valence-corrected chi connectivity index (χ1v) is 7.52. The van der Waals surface area contributed by atoms with E-state index in [4.69, 9.17) is 4.74 Å². The molecule has 0 heterocycles. The average Bonchev–Trinajstić information content (AvgIpc) is 2.42. The van der Waals surface area contributed by atoms with Gasteiger partial charge in [-0.3, -0.25) is 0 Å². The Morgan fingerprint density at radius 3 is 2.37 bits per heavy atom. The van der Waals surface area contributed by atoms with Gasteiger partial charge in [-0.1, -0.05) is 44.5 Å². The van der Waals surface area contributed by atoms with E-state index in [1.807, 2.05) is 0 Å². The quantitative estimate of drug-likeness (QED) is 0.649. The van der Waals surface area contributed by atoms with Crippen LogP contribution in [0.4, 0.5) is 0 Å². The molecule has 0 aliphatic heterocycles. The molecule has 2 heteroatoms. The molecule has 0 saturated carbocycles. The van der Waals surface area contributed by atoms with Gasteiger partial charge in [0.1, 0.15) is 0 Å². The van der Waals surface area contributed by atoms with Crippen molar-refractivity contribution in [2.24, 2.45) is 0 Å². The lowest BCUT2D eigenvalue weighted by molar-refractivity contribution is 0.199. The molecular formula is C17H29NO. The predicted octanol–water partition coefficient (Wildman–Crippen LogP) is 3.76. The summed E-state index contributed by atoms with van der Waals surface area (Å²) in [4.78, 5) is 0. The van der Waals surface area contributed by atoms with Crippen molar-refractivity contribution in [2.45, 2.75) is 45.4 Å². The highest BCUT2D eigenvalue weighted by atomic mass is 16.5. The number of benzene rings is 1. The van der Waals surface area contributed by atoms with Crippen LogP contribution >= 0.6 is 0 Å². The number of aryl methyl sites for hydroxylation is 1. The number of hydrogen-bond donors (Lipinski definition) is 1. The molecule has 1 aromatic rings. The Morgan fingerprint density at radius 2 is 1.74 bits per heavy atom. The molecule has 0 aliphatic rings. The zero-order chi connectivity index (χ0) is 13.9. The molecule has 0 spiro atoms. The lowest BCUT2D eigenvalue weighted by Gasteiger charge is -2.07. The van der Waals surface area contributed by atoms with Crippen molar-refractivity contribution in [1.82, 2.24) is 5.32 Å². The van der Waals surface area contributed by atoms with Crippen LogP contribution in [0.15, 0.2) is 24.3 Å². The number of hydrogen-bond acceptors (Lipinski definition) is 2. The van der Waals surface area contributed by atoms with Crippen LogP contribution in [0.2, 0.25) is 0 Å². The third kappa shape index (κ3) is 7.34. The van der Waals surface area contributed by atoms with Crippen LogP contribution in [0.5, 0.6) is 0 Å². The molecule has 0 atom stereocenters. The monoisotopic (exact) mass is 263 g/mol. The second-order valence-electron chi connectivity index (χ2n) is 5.45. The molecule has 1 aromatic carbocycles. The fourth-order valence-corrected chi connectivity index (χ4v) is 2.12. The average molecular weight is 263 g/mol. The van der Waals surface area contributed by atoms with Crippen LogP contribution in [0, 0.1) is 0 Å². The molecule has 0 aliphatic carbocycles. The molecule has 108 valence electrons. The van der Waals surface area contributed by atoms with E-state index in [0.29, 0.717) is 5.92 Å². The van der Waals surface area contributed by atoms with E-state index in [-0.39, 0.29) is 0 Å². The van der Waals surface area contributed by atoms with Gasteiger partial charge in [0.2, 0.25) is 0 Å². The lowest BCUT2D eigenvalue weighted by Crippen LogP contribution is -2.20. The minimum Gasteiger partial charge on any atom is -0.383 e. The van der Waals surface area contributed by atoms with Gasteiger partial charge in [0, 0.05) is 13.7 Å². The number of ether oxygens (including phenoxy) is 1. The lowest BCUT2D eigenvalue weighted by atomic mass is 10.00. The summed E-state index contributed by atoms with van der Waals surface area (Å²) in [5.74, 6) is 0.632. The first-order valence-electron chi connectivity index (χ1n) is 7.52. The largest absolute Gasteiger partial charge is 0.383 e. The van der Waals surface area contributed by atoms with E-state index in [2.05, 4.69) is 43.4 Å². The molecule has 19 heavy (non-hydrogen) atoms. The van der Waals surface area contributed by atoms with Gasteiger partial charge < -0.3 is 10.1 Å². The van der Waals surface area contributed by atoms with Crippen molar-refractivity contribution in [1.29, 1.82) is 0 Å². The zero-order valence-electron chi connectivity index (χ0n) is 12.7. The number of methoxy groups -OCH3 is 1. The van der Waals surface area contributed by atoms with Crippen molar-refractivity contribution in [3.05, 3.63) is 35.4 Å². The summed E-state index contributed by atoms with van der Waals surface area (Å²) in [6.07, 6.45) is 5.04. The number of unbranched alkanes of at least 4 members (excludes halogenated alkanes) is 2. The molecule has 2 nitrogen and oxygen atoms in total. The molecular weight excluding hydrogens is 234 g/mol. The Bertz CT molecular complexity index is 319. The Hall–Kier alpha value is -0.860. The topological polar surface area (TPSA) is 21.3 Å². The second kappa shape index (κ2) is 9.99. The van der Waals surface area contributed by atoms with E-state index in [9.17, 15) is 0 Å². The molecule has 0 aromatic heterocycles. The summed E-state index contributed by atoms with van der Waals surface area (Å²) in [6.45, 7) is 7.36. The Balaban J connectivity index is 2.06. The highest BCUT2D eigenvalue weighted by molar-refractivity contribution is 5.24. The molecule has 0 amide bonds. The maximum atomic E-state index is 4.99. The Labute approximate surface area is 118 Å². The van der Waals surface area contributed by atoms with Gasteiger partial charge in [0.05, 0.1) is 6.61 Å². The van der Waals surface area contributed by atoms with Crippen molar-refractivity contribution >= 4 is 0 Å². The fraction of sp³-hybridized carbons (Fsp3) is 0.647. The summed E-state index contributed by atoms with van der Waals surface area (Å²) in [5.41, 5.74) is 2.91. The van der Waals surface area contributed by atoms with Gasteiger partial charge in [0.15, 0.2) is 0 Å². The zero-order valence-corrected chi connectivity index (χ0v) is 12.7. The number of nitrogens with one attached hydrogen (secondary N) is 1. The van der Waals surface area contributed by atoms with E-state index in [1.165, 1.54) is 36.8 Å². The summed E-state index contributed by atoms with van der Waals surface area (Å²) >= 11 is 0. The normalized spacial score (nSPS) is 11.2. The van der Waals surface area contributed by atoms with Gasteiger partial charge in [-0.2, -0.15) is 0 Å². The minimum atomic E-state index is 0.632. The smallest absolute Gasteiger partial charge is 0.0587 e. The van der Waals surface area contributed by atoms with Crippen LogP contribution in [0.25, 0.3) is 0 Å². The molecule has 0 saturated heterocycles. The molecule has 0 fully saturated rings.